The zero-order valence-electron chi connectivity index (χ0n) is 23.5. The second-order valence-electron chi connectivity index (χ2n) is 10.9. The summed E-state index contributed by atoms with van der Waals surface area (Å²) in [6.45, 7) is 3.63. The van der Waals surface area contributed by atoms with Crippen LogP contribution in [0.2, 0.25) is 0 Å². The van der Waals surface area contributed by atoms with Crippen LogP contribution in [0.25, 0.3) is 0 Å². The van der Waals surface area contributed by atoms with Crippen molar-refractivity contribution < 1.29 is 57.0 Å². The van der Waals surface area contributed by atoms with Gasteiger partial charge in [-0.3, -0.25) is 0 Å². The largest absolute Gasteiger partial charge is 0.743 e. The Balaban J connectivity index is 0. The summed E-state index contributed by atoms with van der Waals surface area (Å²) in [6, 6.07) is 0. The van der Waals surface area contributed by atoms with Crippen LogP contribution in [0.1, 0.15) is 110 Å². The lowest BCUT2D eigenvalue weighted by atomic mass is 10.0. The van der Waals surface area contributed by atoms with Crippen LogP contribution in [0.5, 0.6) is 0 Å². The third-order valence-electron chi connectivity index (χ3n) is 6.11. The number of halogens is 9. The molecular weight excluding hydrogens is 565 g/mol. The van der Waals surface area contributed by atoms with Crippen LogP contribution >= 0.6 is 0 Å². The lowest BCUT2D eigenvalue weighted by Crippen LogP contribution is -2.63. The second-order valence-corrected chi connectivity index (χ2v) is 12.4. The van der Waals surface area contributed by atoms with Gasteiger partial charge in [0.1, 0.15) is 0 Å². The van der Waals surface area contributed by atoms with E-state index in [9.17, 15) is 52.5 Å². The minimum Gasteiger partial charge on any atom is -0.743 e. The minimum absolute atomic E-state index is 1.12. The van der Waals surface area contributed by atoms with Crippen LogP contribution < -0.4 is 0 Å². The van der Waals surface area contributed by atoms with E-state index in [4.69, 9.17) is 0 Å². The molecule has 0 saturated heterocycles. The molecule has 0 spiro atoms. The highest BCUT2D eigenvalue weighted by atomic mass is 32.2. The predicted octanol–water partition coefficient (Wildman–Crippen LogP) is 8.91. The van der Waals surface area contributed by atoms with Crippen molar-refractivity contribution >= 4 is 10.1 Å². The van der Waals surface area contributed by atoms with Crippen LogP contribution in [-0.2, 0) is 10.1 Å². The monoisotopic (exact) mass is 611 g/mol. The Kier molecular flexibility index (Phi) is 18.6. The van der Waals surface area contributed by atoms with Crippen molar-refractivity contribution in [2.75, 3.05) is 27.7 Å². The van der Waals surface area contributed by atoms with Crippen molar-refractivity contribution in [3.8, 4) is 0 Å². The van der Waals surface area contributed by atoms with Gasteiger partial charge < -0.3 is 9.04 Å². The van der Waals surface area contributed by atoms with Crippen molar-refractivity contribution in [3.05, 3.63) is 0 Å². The van der Waals surface area contributed by atoms with Crippen LogP contribution in [0.15, 0.2) is 0 Å². The van der Waals surface area contributed by atoms with Gasteiger partial charge in [-0.2, -0.15) is 39.5 Å². The quantitative estimate of drug-likeness (QED) is 0.0598. The van der Waals surface area contributed by atoms with Gasteiger partial charge in [0.15, 0.2) is 10.1 Å². The highest BCUT2D eigenvalue weighted by molar-refractivity contribution is 7.86. The van der Waals surface area contributed by atoms with Gasteiger partial charge in [-0.1, -0.05) is 96.8 Å². The molecule has 0 saturated carbocycles. The highest BCUT2D eigenvalue weighted by Crippen LogP contribution is 2.54. The molecule has 238 valence electrons. The van der Waals surface area contributed by atoms with Crippen molar-refractivity contribution in [1.82, 2.24) is 0 Å². The van der Waals surface area contributed by atoms with E-state index in [-0.39, 0.29) is 0 Å². The molecule has 0 amide bonds. The Bertz CT molecular complexity index is 738. The van der Waals surface area contributed by atoms with Gasteiger partial charge in [-0.25, -0.2) is 8.42 Å². The van der Waals surface area contributed by atoms with Gasteiger partial charge in [0.25, 0.3) is 0 Å². The summed E-state index contributed by atoms with van der Waals surface area (Å²) in [5.41, 5.74) is 0. The van der Waals surface area contributed by atoms with Crippen LogP contribution in [0.3, 0.4) is 0 Å². The van der Waals surface area contributed by atoms with E-state index in [0.717, 1.165) is 4.48 Å². The molecule has 0 rings (SSSR count). The second kappa shape index (κ2) is 17.9. The van der Waals surface area contributed by atoms with Gasteiger partial charge in [-0.05, 0) is 12.8 Å². The molecule has 0 bridgehead atoms. The number of hydrogen-bond donors (Lipinski definition) is 0. The van der Waals surface area contributed by atoms with Crippen LogP contribution in [0, 0.1) is 0 Å². The van der Waals surface area contributed by atoms with Crippen LogP contribution in [0.4, 0.5) is 39.5 Å². The van der Waals surface area contributed by atoms with Crippen molar-refractivity contribution in [1.29, 1.82) is 0 Å². The molecule has 0 aromatic carbocycles. The third-order valence-corrected chi connectivity index (χ3v) is 7.00. The number of unbranched alkanes of at least 4 members (excludes halogenated alkanes) is 15. The Morgan fingerprint density at radius 2 is 0.821 bits per heavy atom. The van der Waals surface area contributed by atoms with Crippen molar-refractivity contribution in [3.63, 3.8) is 0 Å². The normalized spacial score (nSPS) is 13.8. The first-order valence-corrected chi connectivity index (χ1v) is 14.9. The molecule has 4 nitrogen and oxygen atoms in total. The van der Waals surface area contributed by atoms with E-state index in [1.54, 1.807) is 0 Å². The van der Waals surface area contributed by atoms with E-state index >= 15 is 0 Å². The van der Waals surface area contributed by atoms with Gasteiger partial charge in [0, 0.05) is 0 Å². The molecule has 14 heteroatoms. The maximum atomic E-state index is 12.2. The summed E-state index contributed by atoms with van der Waals surface area (Å²) in [5, 5.41) is -7.11. The molecule has 0 atom stereocenters. The zero-order chi connectivity index (χ0) is 31.0. The highest BCUT2D eigenvalue weighted by Gasteiger charge is 2.83. The standard InChI is InChI=1S/C21H46N.C4HF9O3S/c1-5-6-7-8-9-10-11-12-13-14-15-16-17-18-19-20-21-22(2,3)4;5-1(6,3(9,10)11)2(7,8)4(12,13)17(14,15)16/h5-21H2,1-4H3;(H,14,15,16)/q+1;/p-1. The molecule has 0 N–H and O–H groups in total. The molecule has 0 aliphatic carbocycles. The fraction of sp³-hybridized carbons (Fsp3) is 1.00. The third kappa shape index (κ3) is 15.7. The topological polar surface area (TPSA) is 57.2 Å². The molecule has 0 aliphatic heterocycles. The average Bonchev–Trinajstić information content (AvgIpc) is 2.76. The van der Waals surface area contributed by atoms with Crippen molar-refractivity contribution in [2.24, 2.45) is 0 Å². The molecule has 0 radical (unpaired) electrons. The zero-order valence-corrected chi connectivity index (χ0v) is 24.3. The lowest BCUT2D eigenvalue weighted by molar-refractivity contribution is -0.870. The SMILES string of the molecule is CCCCCCCCCCCCCCCCCC[N+](C)(C)C.O=S(=O)([O-])C(F)(F)C(F)(F)C(F)(F)C(F)(F)F. The van der Waals surface area contributed by atoms with E-state index in [2.05, 4.69) is 28.1 Å². The number of quaternary nitrogens is 1. The maximum Gasteiger partial charge on any atom is 0.460 e. The van der Waals surface area contributed by atoms with E-state index < -0.39 is 33.4 Å². The Morgan fingerprint density at radius 3 is 1.05 bits per heavy atom. The first-order chi connectivity index (χ1) is 17.6. The molecule has 0 heterocycles. The molecule has 39 heavy (non-hydrogen) atoms. The first kappa shape index (κ1) is 40.4. The first-order valence-electron chi connectivity index (χ1n) is 13.5. The minimum atomic E-state index is -7.43. The number of hydrogen-bond acceptors (Lipinski definition) is 3. The fourth-order valence-electron chi connectivity index (χ4n) is 3.65. The van der Waals surface area contributed by atoms with Gasteiger partial charge >= 0.3 is 23.3 Å². The average molecular weight is 612 g/mol. The summed E-state index contributed by atoms with van der Waals surface area (Å²) in [5.74, 6) is -14.8. The summed E-state index contributed by atoms with van der Waals surface area (Å²) < 4.78 is 137. The van der Waals surface area contributed by atoms with E-state index in [1.165, 1.54) is 109 Å². The molecular formula is C25H46F9NO3S. The van der Waals surface area contributed by atoms with Gasteiger partial charge in [0.2, 0.25) is 0 Å². The molecule has 0 unspecified atom stereocenters. The van der Waals surface area contributed by atoms with Gasteiger partial charge in [-0.15, -0.1) is 0 Å². The van der Waals surface area contributed by atoms with E-state index in [1.807, 2.05) is 0 Å². The summed E-state index contributed by atoms with van der Waals surface area (Å²) >= 11 is 0. The fourth-order valence-corrected chi connectivity index (χ4v) is 4.09. The molecule has 0 aromatic rings. The smallest absolute Gasteiger partial charge is 0.460 e. The number of nitrogens with zero attached hydrogens (tertiary/aromatic N) is 1. The number of alkyl halides is 9. The lowest BCUT2D eigenvalue weighted by Gasteiger charge is -2.34. The molecule has 0 aromatic heterocycles. The summed E-state index contributed by atoms with van der Waals surface area (Å²) in [6.07, 6.45) is 16.2. The Labute approximate surface area is 228 Å². The Morgan fingerprint density at radius 1 is 0.538 bits per heavy atom. The van der Waals surface area contributed by atoms with E-state index in [0.29, 0.717) is 0 Å². The van der Waals surface area contributed by atoms with Crippen LogP contribution in [-0.4, -0.2) is 68.4 Å². The summed E-state index contributed by atoms with van der Waals surface area (Å²) in [4.78, 5) is 0. The molecule has 0 fully saturated rings. The molecule has 0 aliphatic rings. The maximum absolute atomic E-state index is 12.2. The predicted molar refractivity (Wildman–Crippen MR) is 133 cm³/mol. The number of rotatable bonds is 20. The summed E-state index contributed by atoms with van der Waals surface area (Å²) in [7, 11) is -0.526. The van der Waals surface area contributed by atoms with Gasteiger partial charge in [0.05, 0.1) is 27.7 Å². The van der Waals surface area contributed by atoms with Crippen molar-refractivity contribution in [2.45, 2.75) is 133 Å². The Hall–Kier alpha value is -0.760.